The Bertz CT molecular complexity index is 1380. The maximum Gasteiger partial charge on any atom is 0.387 e. The monoisotopic (exact) mass is 618 g/mol. The van der Waals surface area contributed by atoms with Gasteiger partial charge < -0.3 is 44.5 Å². The maximum atomic E-state index is 13.1. The molecule has 0 unspecified atom stereocenters. The van der Waals surface area contributed by atoms with Crippen molar-refractivity contribution in [3.8, 4) is 17.4 Å². The van der Waals surface area contributed by atoms with E-state index in [0.29, 0.717) is 12.1 Å². The zero-order valence-electron chi connectivity index (χ0n) is 24.2. The summed E-state index contributed by atoms with van der Waals surface area (Å²) in [5.41, 5.74) is 1.64. The summed E-state index contributed by atoms with van der Waals surface area (Å²) in [6.45, 7) is -0.330. The molecule has 1 saturated heterocycles. The molecule has 3 heterocycles. The number of aliphatic hydroxyl groups excluding tert-OH is 4. The molecule has 0 radical (unpaired) electrons. The molecule has 5 rings (SSSR count). The van der Waals surface area contributed by atoms with Gasteiger partial charge in [0.15, 0.2) is 11.5 Å². The van der Waals surface area contributed by atoms with Crippen LogP contribution >= 0.6 is 0 Å². The lowest BCUT2D eigenvalue weighted by Gasteiger charge is -2.39. The average molecular weight is 619 g/mol. The number of alkyl halides is 2. The highest BCUT2D eigenvalue weighted by Gasteiger charge is 2.44. The molecule has 6 atom stereocenters. The van der Waals surface area contributed by atoms with Crippen LogP contribution in [0.4, 0.5) is 8.78 Å². The van der Waals surface area contributed by atoms with Crippen molar-refractivity contribution >= 4 is 0 Å². The first-order chi connectivity index (χ1) is 20.9. The van der Waals surface area contributed by atoms with Gasteiger partial charge in [-0.25, -0.2) is 4.98 Å². The van der Waals surface area contributed by atoms with Crippen molar-refractivity contribution < 1.29 is 53.3 Å². The lowest BCUT2D eigenvalue weighted by atomic mass is 9.86. The molecule has 2 aromatic heterocycles. The van der Waals surface area contributed by atoms with E-state index in [9.17, 15) is 34.3 Å². The summed E-state index contributed by atoms with van der Waals surface area (Å²) in [5, 5.41) is 50.1. The SMILES string of the molecule is CC(C)(O)c1ccc([C@@H](Cc2ccc(O[C@@H]3O[C@H](CO)[C@H](O)[C@H](O)[C@H]3O)nc2)c2ccc(OC(F)F)c(OC3CC3)c2)cn1. The first-order valence-electron chi connectivity index (χ1n) is 14.3. The Morgan fingerprint density at radius 2 is 1.66 bits per heavy atom. The van der Waals surface area contributed by atoms with Crippen molar-refractivity contribution in [3.05, 3.63) is 77.2 Å². The van der Waals surface area contributed by atoms with Gasteiger partial charge >= 0.3 is 6.61 Å². The minimum Gasteiger partial charge on any atom is -0.487 e. The standard InChI is InChI=1S/C31H36F2N2O9/c1-31(2,40)24-9-5-18(14-34-24)20(17-4-8-21(43-30(32)33)22(12-17)41-19-6-7-19)11-16-3-10-25(35-13-16)44-29-28(39)27(38)26(37)23(15-36)42-29/h3-5,8-10,12-14,19-20,23,26-30,36-40H,6-7,11,15H2,1-2H3/t20-,23+,26-,27-,28+,29-/m0/s1. The van der Waals surface area contributed by atoms with Gasteiger partial charge in [-0.2, -0.15) is 8.78 Å². The third-order valence-corrected chi connectivity index (χ3v) is 7.54. The first kappa shape index (κ1) is 31.9. The molecule has 1 aliphatic carbocycles. The van der Waals surface area contributed by atoms with E-state index in [1.54, 1.807) is 56.6 Å². The van der Waals surface area contributed by atoms with Crippen LogP contribution in [0.1, 0.15) is 55.0 Å². The third kappa shape index (κ3) is 7.60. The molecule has 13 heteroatoms. The smallest absolute Gasteiger partial charge is 0.387 e. The van der Waals surface area contributed by atoms with Crippen LogP contribution < -0.4 is 14.2 Å². The lowest BCUT2D eigenvalue weighted by molar-refractivity contribution is -0.278. The molecule has 1 aliphatic heterocycles. The van der Waals surface area contributed by atoms with E-state index >= 15 is 0 Å². The minimum absolute atomic E-state index is 0.0544. The lowest BCUT2D eigenvalue weighted by Crippen LogP contribution is -2.60. The van der Waals surface area contributed by atoms with Gasteiger partial charge in [-0.3, -0.25) is 4.98 Å². The quantitative estimate of drug-likeness (QED) is 0.203. The number of aromatic nitrogens is 2. The van der Waals surface area contributed by atoms with Gasteiger partial charge in [0.25, 0.3) is 0 Å². The van der Waals surface area contributed by atoms with E-state index < -0.39 is 49.5 Å². The van der Waals surface area contributed by atoms with Gasteiger partial charge in [0.05, 0.1) is 18.4 Å². The molecule has 2 aliphatic rings. The Morgan fingerprint density at radius 3 is 2.25 bits per heavy atom. The minimum atomic E-state index is -3.01. The largest absolute Gasteiger partial charge is 0.487 e. The Hall–Kier alpha value is -3.46. The second-order valence-electron chi connectivity index (χ2n) is 11.5. The fourth-order valence-corrected chi connectivity index (χ4v) is 4.91. The number of ether oxygens (including phenoxy) is 4. The third-order valence-electron chi connectivity index (χ3n) is 7.54. The molecular formula is C31H36F2N2O9. The van der Waals surface area contributed by atoms with E-state index in [0.717, 1.165) is 29.5 Å². The number of hydrogen-bond donors (Lipinski definition) is 5. The summed E-state index contributed by atoms with van der Waals surface area (Å²) in [6, 6.07) is 11.7. The van der Waals surface area contributed by atoms with Crippen molar-refractivity contribution in [2.45, 2.75) is 88.1 Å². The van der Waals surface area contributed by atoms with Gasteiger partial charge in [-0.15, -0.1) is 0 Å². The van der Waals surface area contributed by atoms with Crippen LogP contribution in [0.3, 0.4) is 0 Å². The zero-order chi connectivity index (χ0) is 31.6. The number of hydrogen-bond acceptors (Lipinski definition) is 11. The average Bonchev–Trinajstić information content (AvgIpc) is 3.81. The highest BCUT2D eigenvalue weighted by Crippen LogP contribution is 2.39. The van der Waals surface area contributed by atoms with Crippen LogP contribution in [0.2, 0.25) is 0 Å². The Balaban J connectivity index is 1.40. The number of rotatable bonds is 12. The van der Waals surface area contributed by atoms with Crippen LogP contribution in [-0.2, 0) is 16.8 Å². The summed E-state index contributed by atoms with van der Waals surface area (Å²) in [6.07, 6.45) is -1.98. The first-order valence-corrected chi connectivity index (χ1v) is 14.3. The second kappa shape index (κ2) is 13.3. The predicted molar refractivity (Wildman–Crippen MR) is 150 cm³/mol. The summed E-state index contributed by atoms with van der Waals surface area (Å²) in [7, 11) is 0. The fourth-order valence-electron chi connectivity index (χ4n) is 4.91. The highest BCUT2D eigenvalue weighted by molar-refractivity contribution is 5.47. The van der Waals surface area contributed by atoms with Gasteiger partial charge in [0.1, 0.15) is 30.0 Å². The second-order valence-corrected chi connectivity index (χ2v) is 11.5. The molecule has 5 N–H and O–H groups in total. The van der Waals surface area contributed by atoms with E-state index in [2.05, 4.69) is 9.97 Å². The van der Waals surface area contributed by atoms with Crippen LogP contribution in [0.5, 0.6) is 17.4 Å². The molecule has 0 amide bonds. The molecule has 44 heavy (non-hydrogen) atoms. The molecule has 1 saturated carbocycles. The van der Waals surface area contributed by atoms with Gasteiger partial charge in [0, 0.05) is 24.4 Å². The van der Waals surface area contributed by atoms with Gasteiger partial charge in [-0.05, 0) is 68.0 Å². The number of pyridine rings is 2. The Labute approximate surface area is 252 Å². The van der Waals surface area contributed by atoms with Crippen molar-refractivity contribution in [1.82, 2.24) is 9.97 Å². The topological polar surface area (TPSA) is 164 Å². The van der Waals surface area contributed by atoms with Crippen LogP contribution in [0.25, 0.3) is 0 Å². The van der Waals surface area contributed by atoms with Crippen LogP contribution in [0, 0.1) is 0 Å². The molecule has 238 valence electrons. The summed E-state index contributed by atoms with van der Waals surface area (Å²) in [4.78, 5) is 8.76. The number of halogens is 2. The Morgan fingerprint density at radius 1 is 0.909 bits per heavy atom. The van der Waals surface area contributed by atoms with Crippen LogP contribution in [-0.4, -0.2) is 85.5 Å². The molecule has 2 fully saturated rings. The summed E-state index contributed by atoms with van der Waals surface area (Å²) < 4.78 is 47.8. The van der Waals surface area contributed by atoms with Gasteiger partial charge in [-0.1, -0.05) is 18.2 Å². The van der Waals surface area contributed by atoms with E-state index in [1.165, 1.54) is 6.07 Å². The molecule has 0 bridgehead atoms. The Kier molecular flexibility index (Phi) is 9.63. The number of benzene rings is 1. The van der Waals surface area contributed by atoms with Crippen molar-refractivity contribution in [1.29, 1.82) is 0 Å². The fraction of sp³-hybridized carbons (Fsp3) is 0.484. The predicted octanol–water partition coefficient (Wildman–Crippen LogP) is 2.40. The number of nitrogens with zero attached hydrogens (tertiary/aromatic N) is 2. The van der Waals surface area contributed by atoms with E-state index in [4.69, 9.17) is 18.9 Å². The van der Waals surface area contributed by atoms with E-state index in [1.807, 2.05) is 6.07 Å². The summed E-state index contributed by atoms with van der Waals surface area (Å²) >= 11 is 0. The highest BCUT2D eigenvalue weighted by atomic mass is 19.3. The zero-order valence-corrected chi connectivity index (χ0v) is 24.2. The van der Waals surface area contributed by atoms with Crippen molar-refractivity contribution in [2.75, 3.05) is 6.61 Å². The van der Waals surface area contributed by atoms with Crippen LogP contribution in [0.15, 0.2) is 54.9 Å². The molecule has 0 spiro atoms. The van der Waals surface area contributed by atoms with E-state index in [-0.39, 0.29) is 29.4 Å². The normalized spacial score (nSPS) is 24.6. The molecule has 3 aromatic rings. The van der Waals surface area contributed by atoms with Crippen molar-refractivity contribution in [3.63, 3.8) is 0 Å². The molecule has 1 aromatic carbocycles. The molecular weight excluding hydrogens is 582 g/mol. The van der Waals surface area contributed by atoms with Crippen molar-refractivity contribution in [2.24, 2.45) is 0 Å². The maximum absolute atomic E-state index is 13.1. The summed E-state index contributed by atoms with van der Waals surface area (Å²) in [5.74, 6) is -0.0991. The number of aliphatic hydroxyl groups is 5. The van der Waals surface area contributed by atoms with Gasteiger partial charge in [0.2, 0.25) is 12.2 Å². The molecule has 11 nitrogen and oxygen atoms in total.